The minimum absolute atomic E-state index is 0.0594. The number of nitroso groups, excluding NO2 is 1. The molecule has 98 valence electrons. The lowest BCUT2D eigenvalue weighted by atomic mass is 10.1. The first-order valence-corrected chi connectivity index (χ1v) is 5.46. The van der Waals surface area contributed by atoms with Crippen LogP contribution in [0.25, 0.3) is 0 Å². The van der Waals surface area contributed by atoms with E-state index in [9.17, 15) is 14.8 Å². The van der Waals surface area contributed by atoms with Crippen molar-refractivity contribution in [2.24, 2.45) is 5.29 Å². The van der Waals surface area contributed by atoms with Crippen molar-refractivity contribution >= 4 is 5.97 Å². The van der Waals surface area contributed by atoms with Crippen LogP contribution >= 0.6 is 0 Å². The molecule has 0 fully saturated rings. The largest absolute Gasteiger partial charge is 0.477 e. The number of carboxylic acid groups (broad SMARTS) is 1. The fourth-order valence-electron chi connectivity index (χ4n) is 1.45. The molecule has 7 nitrogen and oxygen atoms in total. The van der Waals surface area contributed by atoms with Gasteiger partial charge in [0.25, 0.3) is 0 Å². The average Bonchev–Trinajstić information content (AvgIpc) is 2.38. The normalized spacial score (nSPS) is 11.9. The third-order valence-corrected chi connectivity index (χ3v) is 2.49. The van der Waals surface area contributed by atoms with Gasteiger partial charge in [-0.1, -0.05) is 6.07 Å². The lowest BCUT2D eigenvalue weighted by Crippen LogP contribution is -2.12. The van der Waals surface area contributed by atoms with E-state index in [4.69, 9.17) is 5.11 Å². The number of hydrogen-bond acceptors (Lipinski definition) is 5. The Hall–Kier alpha value is -2.02. The Balaban J connectivity index is 2.48. The zero-order valence-corrected chi connectivity index (χ0v) is 9.98. The summed E-state index contributed by atoms with van der Waals surface area (Å²) >= 11 is 0. The minimum Gasteiger partial charge on any atom is -0.477 e. The molecule has 0 spiro atoms. The topological polar surface area (TPSA) is 103 Å². The van der Waals surface area contributed by atoms with Gasteiger partial charge < -0.3 is 10.2 Å². The van der Waals surface area contributed by atoms with Crippen LogP contribution in [0.5, 0.6) is 0 Å². The van der Waals surface area contributed by atoms with E-state index in [0.717, 1.165) is 0 Å². The predicted molar refractivity (Wildman–Crippen MR) is 63.8 cm³/mol. The van der Waals surface area contributed by atoms with E-state index in [2.05, 4.69) is 10.3 Å². The molecule has 0 amide bonds. The highest BCUT2D eigenvalue weighted by Crippen LogP contribution is 2.17. The highest BCUT2D eigenvalue weighted by atomic mass is 16.4. The first kappa shape index (κ1) is 14.0. The number of pyridine rings is 1. The molecule has 0 aliphatic carbocycles. The molecular formula is C11H15N3O4. The van der Waals surface area contributed by atoms with Crippen molar-refractivity contribution in [2.45, 2.75) is 18.9 Å². The molecule has 0 aliphatic rings. The summed E-state index contributed by atoms with van der Waals surface area (Å²) in [6.07, 6.45) is 1.67. The zero-order chi connectivity index (χ0) is 13.5. The highest BCUT2D eigenvalue weighted by molar-refractivity contribution is 5.85. The molecule has 0 saturated heterocycles. The van der Waals surface area contributed by atoms with Gasteiger partial charge in [0.15, 0.2) is 0 Å². The molecule has 1 aromatic heterocycles. The molecule has 1 unspecified atom stereocenters. The third-order valence-electron chi connectivity index (χ3n) is 2.49. The maximum atomic E-state index is 10.6. The van der Waals surface area contributed by atoms with E-state index in [1.165, 1.54) is 23.3 Å². The van der Waals surface area contributed by atoms with Crippen LogP contribution in [-0.2, 0) is 0 Å². The van der Waals surface area contributed by atoms with Gasteiger partial charge in [0.1, 0.15) is 5.69 Å². The van der Waals surface area contributed by atoms with Crippen molar-refractivity contribution in [3.8, 4) is 0 Å². The van der Waals surface area contributed by atoms with Gasteiger partial charge in [-0.3, -0.25) is 5.01 Å². The monoisotopic (exact) mass is 253 g/mol. The van der Waals surface area contributed by atoms with Crippen LogP contribution in [-0.4, -0.2) is 39.8 Å². The number of aliphatic hydroxyl groups excluding tert-OH is 1. The fourth-order valence-corrected chi connectivity index (χ4v) is 1.45. The number of aromatic nitrogens is 1. The summed E-state index contributed by atoms with van der Waals surface area (Å²) in [4.78, 5) is 24.4. The van der Waals surface area contributed by atoms with Crippen molar-refractivity contribution in [3.05, 3.63) is 34.5 Å². The molecule has 18 heavy (non-hydrogen) atoms. The number of aliphatic hydroxyl groups is 1. The predicted octanol–water partition coefficient (Wildman–Crippen LogP) is 1.21. The Morgan fingerprint density at radius 2 is 2.28 bits per heavy atom. The molecule has 0 aromatic carbocycles. The summed E-state index contributed by atoms with van der Waals surface area (Å²) < 4.78 is 0. The zero-order valence-electron chi connectivity index (χ0n) is 9.98. The average molecular weight is 253 g/mol. The lowest BCUT2D eigenvalue weighted by Gasteiger charge is -2.12. The number of aromatic carboxylic acids is 1. The van der Waals surface area contributed by atoms with E-state index < -0.39 is 12.1 Å². The molecule has 1 atom stereocenters. The highest BCUT2D eigenvalue weighted by Gasteiger charge is 2.10. The Labute approximate surface area is 104 Å². The van der Waals surface area contributed by atoms with E-state index in [-0.39, 0.29) is 5.69 Å². The van der Waals surface area contributed by atoms with E-state index in [1.54, 1.807) is 7.05 Å². The maximum Gasteiger partial charge on any atom is 0.354 e. The third kappa shape index (κ3) is 4.10. The van der Waals surface area contributed by atoms with Gasteiger partial charge >= 0.3 is 5.97 Å². The summed E-state index contributed by atoms with van der Waals surface area (Å²) in [6, 6.07) is 2.88. The molecular weight excluding hydrogens is 238 g/mol. The number of rotatable bonds is 7. The fraction of sp³-hybridized carbons (Fsp3) is 0.455. The SMILES string of the molecule is CN(CCCC(O)c1ccc(C(=O)O)nc1)N=O. The van der Waals surface area contributed by atoms with Crippen LogP contribution < -0.4 is 0 Å². The van der Waals surface area contributed by atoms with Gasteiger partial charge in [-0.2, -0.15) is 0 Å². The first-order valence-electron chi connectivity index (χ1n) is 5.46. The second-order valence-corrected chi connectivity index (χ2v) is 3.90. The van der Waals surface area contributed by atoms with Gasteiger partial charge in [-0.15, -0.1) is 4.91 Å². The van der Waals surface area contributed by atoms with Gasteiger partial charge in [-0.25, -0.2) is 9.78 Å². The van der Waals surface area contributed by atoms with Crippen LogP contribution in [0.3, 0.4) is 0 Å². The van der Waals surface area contributed by atoms with Crippen LogP contribution in [0.2, 0.25) is 0 Å². The van der Waals surface area contributed by atoms with Gasteiger partial charge in [-0.05, 0) is 24.5 Å². The lowest BCUT2D eigenvalue weighted by molar-refractivity contribution is 0.0690. The number of carboxylic acids is 1. The Morgan fingerprint density at radius 3 is 2.78 bits per heavy atom. The summed E-state index contributed by atoms with van der Waals surface area (Å²) in [7, 11) is 1.56. The van der Waals surface area contributed by atoms with Gasteiger partial charge in [0.05, 0.1) is 11.4 Å². The first-order chi connectivity index (χ1) is 8.54. The van der Waals surface area contributed by atoms with Crippen molar-refractivity contribution in [2.75, 3.05) is 13.6 Å². The van der Waals surface area contributed by atoms with Gasteiger partial charge in [0, 0.05) is 19.8 Å². The number of hydrogen-bond donors (Lipinski definition) is 2. The van der Waals surface area contributed by atoms with Crippen molar-refractivity contribution in [3.63, 3.8) is 0 Å². The molecule has 0 saturated carbocycles. The van der Waals surface area contributed by atoms with Crippen molar-refractivity contribution < 1.29 is 15.0 Å². The molecule has 2 N–H and O–H groups in total. The van der Waals surface area contributed by atoms with Gasteiger partial charge in [0.2, 0.25) is 0 Å². The summed E-state index contributed by atoms with van der Waals surface area (Å²) in [5.41, 5.74) is 0.498. The standard InChI is InChI=1S/C11H15N3O4/c1-14(13-18)6-2-3-10(15)8-4-5-9(11(16)17)12-7-8/h4-5,7,10,15H,2-3,6H2,1H3,(H,16,17). The van der Waals surface area contributed by atoms with E-state index in [1.807, 2.05) is 0 Å². The summed E-state index contributed by atoms with van der Waals surface area (Å²) in [5, 5.41) is 22.5. The molecule has 1 rings (SSSR count). The summed E-state index contributed by atoms with van der Waals surface area (Å²) in [5.74, 6) is -1.10. The molecule has 0 bridgehead atoms. The molecule has 1 heterocycles. The van der Waals surface area contributed by atoms with Crippen LogP contribution in [0.4, 0.5) is 0 Å². The Kier molecular flexibility index (Phi) is 5.19. The maximum absolute atomic E-state index is 10.6. The summed E-state index contributed by atoms with van der Waals surface area (Å²) in [6.45, 7) is 0.460. The van der Waals surface area contributed by atoms with E-state index in [0.29, 0.717) is 24.9 Å². The molecule has 0 radical (unpaired) electrons. The quantitative estimate of drug-likeness (QED) is 0.559. The van der Waals surface area contributed by atoms with E-state index >= 15 is 0 Å². The smallest absolute Gasteiger partial charge is 0.354 e. The van der Waals surface area contributed by atoms with Crippen LogP contribution in [0, 0.1) is 4.91 Å². The molecule has 7 heteroatoms. The minimum atomic E-state index is -1.10. The van der Waals surface area contributed by atoms with Crippen LogP contribution in [0.15, 0.2) is 23.6 Å². The van der Waals surface area contributed by atoms with Crippen molar-refractivity contribution in [1.29, 1.82) is 0 Å². The van der Waals surface area contributed by atoms with Crippen LogP contribution in [0.1, 0.15) is 35.0 Å². The second kappa shape index (κ2) is 6.65. The number of nitrogens with zero attached hydrogens (tertiary/aromatic N) is 3. The van der Waals surface area contributed by atoms with Crippen molar-refractivity contribution in [1.82, 2.24) is 9.99 Å². The number of carbonyl (C=O) groups is 1. The second-order valence-electron chi connectivity index (χ2n) is 3.90. The molecule has 0 aliphatic heterocycles. The Bertz CT molecular complexity index is 407. The Morgan fingerprint density at radius 1 is 1.56 bits per heavy atom. The molecule has 1 aromatic rings.